The highest BCUT2D eigenvalue weighted by atomic mass is 32.2. The van der Waals surface area contributed by atoms with Gasteiger partial charge in [-0.3, -0.25) is 10.2 Å². The maximum Gasteiger partial charge on any atom is 0.329 e. The normalized spacial score (nSPS) is 17.6. The Labute approximate surface area is 231 Å². The van der Waals surface area contributed by atoms with Crippen LogP contribution in [0.15, 0.2) is 59.5 Å². The molecule has 0 radical (unpaired) electrons. The topological polar surface area (TPSA) is 161 Å². The number of benzene rings is 3. The first-order valence-corrected chi connectivity index (χ1v) is 14.4. The molecule has 3 aromatic carbocycles. The van der Waals surface area contributed by atoms with E-state index in [9.17, 15) is 18.0 Å². The predicted octanol–water partition coefficient (Wildman–Crippen LogP) is 2.30. The third kappa shape index (κ3) is 5.58. The third-order valence-electron chi connectivity index (χ3n) is 7.01. The number of nitrogens with one attached hydrogen (secondary N) is 2. The van der Waals surface area contributed by atoms with Gasteiger partial charge in [0, 0.05) is 18.5 Å². The Morgan fingerprint density at radius 2 is 1.82 bits per heavy atom. The fourth-order valence-electron chi connectivity index (χ4n) is 4.96. The number of rotatable bonds is 9. The molecule has 12 heteroatoms. The molecule has 2 aliphatic heterocycles. The lowest BCUT2D eigenvalue weighted by Gasteiger charge is -2.37. The molecular formula is C28H30N4O7S. The maximum atomic E-state index is 13.6. The molecule has 0 saturated carbocycles. The number of amides is 1. The lowest BCUT2D eigenvalue weighted by molar-refractivity contribution is -0.156. The molecule has 0 aromatic heterocycles. The second-order valence-electron chi connectivity index (χ2n) is 9.64. The average molecular weight is 567 g/mol. The predicted molar refractivity (Wildman–Crippen MR) is 147 cm³/mol. The van der Waals surface area contributed by atoms with Gasteiger partial charge in [-0.05, 0) is 60.4 Å². The summed E-state index contributed by atoms with van der Waals surface area (Å²) in [5.41, 5.74) is 6.82. The second-order valence-corrected chi connectivity index (χ2v) is 11.4. The van der Waals surface area contributed by atoms with Gasteiger partial charge in [-0.2, -0.15) is 4.72 Å². The van der Waals surface area contributed by atoms with Crippen LogP contribution in [0.5, 0.6) is 11.5 Å². The van der Waals surface area contributed by atoms with Gasteiger partial charge in [0.1, 0.15) is 17.9 Å². The number of carbonyl (C=O) groups is 2. The summed E-state index contributed by atoms with van der Waals surface area (Å²) < 4.78 is 45.3. The largest absolute Gasteiger partial charge is 0.464 e. The summed E-state index contributed by atoms with van der Waals surface area (Å²) in [5.74, 6) is 0.00211. The van der Waals surface area contributed by atoms with E-state index in [4.69, 9.17) is 25.4 Å². The number of esters is 1. The van der Waals surface area contributed by atoms with Crippen LogP contribution in [0.1, 0.15) is 30.9 Å². The highest BCUT2D eigenvalue weighted by Gasteiger charge is 2.39. The summed E-state index contributed by atoms with van der Waals surface area (Å²) in [6.07, 6.45) is 0.964. The Balaban J connectivity index is 1.36. The number of sulfonamides is 1. The standard InChI is InChI=1S/C28H30N4O7S/c1-2-37-28(34)23(12-17-5-7-18(8-6-17)26(29)30)32-11-3-4-22(27(32)33)31-40(35,36)21-10-9-19-14-24-25(39-16-38-24)15-20(19)13-21/h5-10,13-15,22-23,31H,2-4,11-12,16H2,1H3,(H3,29,30). The molecule has 0 bridgehead atoms. The minimum absolute atomic E-state index is 0.0105. The van der Waals surface area contributed by atoms with E-state index < -0.39 is 34.0 Å². The zero-order valence-electron chi connectivity index (χ0n) is 21.9. The van der Waals surface area contributed by atoms with Gasteiger partial charge in [0.25, 0.3) is 0 Å². The van der Waals surface area contributed by atoms with Crippen LogP contribution < -0.4 is 19.9 Å². The summed E-state index contributed by atoms with van der Waals surface area (Å²) in [5, 5.41) is 9.01. The molecule has 0 spiro atoms. The number of amidine groups is 1. The summed E-state index contributed by atoms with van der Waals surface area (Å²) in [4.78, 5) is 27.9. The van der Waals surface area contributed by atoms with Crippen molar-refractivity contribution in [2.45, 2.75) is 43.2 Å². The van der Waals surface area contributed by atoms with Crippen molar-refractivity contribution in [2.75, 3.05) is 19.9 Å². The van der Waals surface area contributed by atoms with Crippen LogP contribution in [-0.4, -0.2) is 63.1 Å². The second kappa shape index (κ2) is 11.1. The third-order valence-corrected chi connectivity index (χ3v) is 8.48. The van der Waals surface area contributed by atoms with Crippen molar-refractivity contribution in [3.63, 3.8) is 0 Å². The summed E-state index contributed by atoms with van der Waals surface area (Å²) in [6.45, 7) is 2.21. The minimum Gasteiger partial charge on any atom is -0.464 e. The molecule has 0 aliphatic carbocycles. The minimum atomic E-state index is -4.07. The van der Waals surface area contributed by atoms with Crippen molar-refractivity contribution in [2.24, 2.45) is 5.73 Å². The quantitative estimate of drug-likeness (QED) is 0.202. The fraction of sp³-hybridized carbons (Fsp3) is 0.321. The molecular weight excluding hydrogens is 536 g/mol. The van der Waals surface area contributed by atoms with Crippen LogP contribution in [0.2, 0.25) is 0 Å². The highest BCUT2D eigenvalue weighted by molar-refractivity contribution is 7.89. The molecule has 1 fully saturated rings. The van der Waals surface area contributed by atoms with E-state index in [0.29, 0.717) is 35.3 Å². The monoisotopic (exact) mass is 566 g/mol. The van der Waals surface area contributed by atoms with Gasteiger partial charge in [0.2, 0.25) is 22.7 Å². The van der Waals surface area contributed by atoms with Gasteiger partial charge in [-0.25, -0.2) is 13.2 Å². The number of carbonyl (C=O) groups excluding carboxylic acids is 2. The summed E-state index contributed by atoms with van der Waals surface area (Å²) in [6, 6.07) is 13.0. The van der Waals surface area contributed by atoms with E-state index in [0.717, 1.165) is 10.9 Å². The first-order valence-electron chi connectivity index (χ1n) is 12.9. The Hall–Kier alpha value is -4.16. The number of piperidine rings is 1. The number of nitrogens with zero attached hydrogens (tertiary/aromatic N) is 1. The van der Waals surface area contributed by atoms with Crippen molar-refractivity contribution in [3.05, 3.63) is 65.7 Å². The summed E-state index contributed by atoms with van der Waals surface area (Å²) in [7, 11) is -4.07. The molecule has 5 rings (SSSR count). The SMILES string of the molecule is CCOC(=O)C(Cc1ccc(C(=N)N)cc1)N1CCCC(NS(=O)(=O)c2ccc3cc4c(cc3c2)OCO4)C1=O. The zero-order valence-corrected chi connectivity index (χ0v) is 22.7. The molecule has 2 unspecified atom stereocenters. The van der Waals surface area contributed by atoms with Crippen LogP contribution in [0.4, 0.5) is 0 Å². The molecule has 2 heterocycles. The van der Waals surface area contributed by atoms with Crippen molar-refractivity contribution < 1.29 is 32.2 Å². The fourth-order valence-corrected chi connectivity index (χ4v) is 6.22. The van der Waals surface area contributed by atoms with Crippen molar-refractivity contribution in [1.29, 1.82) is 5.41 Å². The van der Waals surface area contributed by atoms with Crippen molar-refractivity contribution >= 4 is 38.5 Å². The number of likely N-dealkylation sites (tertiary alicyclic amines) is 1. The van der Waals surface area contributed by atoms with Crippen LogP contribution in [0.25, 0.3) is 10.8 Å². The van der Waals surface area contributed by atoms with E-state index in [1.807, 2.05) is 0 Å². The van der Waals surface area contributed by atoms with Gasteiger partial charge in [-0.1, -0.05) is 30.3 Å². The molecule has 1 saturated heterocycles. The van der Waals surface area contributed by atoms with Gasteiger partial charge in [0.15, 0.2) is 11.5 Å². The maximum absolute atomic E-state index is 13.6. The van der Waals surface area contributed by atoms with Crippen molar-refractivity contribution in [1.82, 2.24) is 9.62 Å². The van der Waals surface area contributed by atoms with Crippen LogP contribution in [-0.2, 0) is 30.8 Å². The Kier molecular flexibility index (Phi) is 7.63. The van der Waals surface area contributed by atoms with E-state index in [-0.39, 0.29) is 37.1 Å². The van der Waals surface area contributed by atoms with E-state index in [1.54, 1.807) is 49.4 Å². The van der Waals surface area contributed by atoms with Gasteiger partial charge in [0.05, 0.1) is 11.5 Å². The lowest BCUT2D eigenvalue weighted by Crippen LogP contribution is -2.57. The molecule has 40 heavy (non-hydrogen) atoms. The molecule has 210 valence electrons. The van der Waals surface area contributed by atoms with E-state index >= 15 is 0 Å². The average Bonchev–Trinajstić information content (AvgIpc) is 3.39. The number of fused-ring (bicyclic) bond motifs is 2. The molecule has 4 N–H and O–H groups in total. The molecule has 2 aliphatic rings. The first kappa shape index (κ1) is 27.4. The lowest BCUT2D eigenvalue weighted by atomic mass is 9.98. The van der Waals surface area contributed by atoms with Crippen molar-refractivity contribution in [3.8, 4) is 11.5 Å². The van der Waals surface area contributed by atoms with E-state index in [1.165, 1.54) is 17.0 Å². The molecule has 3 aromatic rings. The number of nitrogens with two attached hydrogens (primary N) is 1. The number of ether oxygens (including phenoxy) is 3. The Morgan fingerprint density at radius 3 is 2.50 bits per heavy atom. The number of hydrogen-bond acceptors (Lipinski definition) is 8. The van der Waals surface area contributed by atoms with Crippen LogP contribution in [0.3, 0.4) is 0 Å². The first-order chi connectivity index (χ1) is 19.2. The summed E-state index contributed by atoms with van der Waals surface area (Å²) >= 11 is 0. The van der Waals surface area contributed by atoms with Gasteiger partial charge in [-0.15, -0.1) is 0 Å². The van der Waals surface area contributed by atoms with Crippen LogP contribution in [0, 0.1) is 5.41 Å². The van der Waals surface area contributed by atoms with E-state index in [2.05, 4.69) is 4.72 Å². The Morgan fingerprint density at radius 1 is 1.12 bits per heavy atom. The van der Waals surface area contributed by atoms with Gasteiger partial charge >= 0.3 is 5.97 Å². The smallest absolute Gasteiger partial charge is 0.329 e. The number of hydrogen-bond donors (Lipinski definition) is 3. The van der Waals surface area contributed by atoms with Crippen LogP contribution >= 0.6 is 0 Å². The zero-order chi connectivity index (χ0) is 28.4. The van der Waals surface area contributed by atoms with Gasteiger partial charge < -0.3 is 24.8 Å². The molecule has 2 atom stereocenters. The number of nitrogen functional groups attached to an aromatic ring is 1. The molecule has 1 amide bonds. The highest BCUT2D eigenvalue weighted by Crippen LogP contribution is 2.36. The molecule has 11 nitrogen and oxygen atoms in total. The Bertz CT molecular complexity index is 1570.